The van der Waals surface area contributed by atoms with Gasteiger partial charge in [0, 0.05) is 0 Å². The zero-order valence-electron chi connectivity index (χ0n) is 11.8. The highest BCUT2D eigenvalue weighted by Crippen LogP contribution is 2.62. The zero-order chi connectivity index (χ0) is 13.5. The Hall–Kier alpha value is -1.33. The number of hydrogen-bond donors (Lipinski definition) is 0. The second kappa shape index (κ2) is 4.35. The molecule has 2 nitrogen and oxygen atoms in total. The molecule has 2 fully saturated rings. The summed E-state index contributed by atoms with van der Waals surface area (Å²) in [5, 5.41) is 9.49. The third-order valence-electron chi connectivity index (χ3n) is 5.22. The summed E-state index contributed by atoms with van der Waals surface area (Å²) in [4.78, 5) is 0. The molecule has 1 unspecified atom stereocenters. The Morgan fingerprint density at radius 1 is 1.26 bits per heavy atom. The van der Waals surface area contributed by atoms with Gasteiger partial charge in [-0.1, -0.05) is 38.1 Å². The van der Waals surface area contributed by atoms with Gasteiger partial charge in [0.2, 0.25) is 0 Å². The van der Waals surface area contributed by atoms with Crippen molar-refractivity contribution in [2.75, 3.05) is 13.2 Å². The first kappa shape index (κ1) is 12.7. The molecule has 19 heavy (non-hydrogen) atoms. The Balaban J connectivity index is 1.91. The Morgan fingerprint density at radius 2 is 1.89 bits per heavy atom. The van der Waals surface area contributed by atoms with Gasteiger partial charge in [-0.3, -0.25) is 0 Å². The van der Waals surface area contributed by atoms with Gasteiger partial charge in [-0.15, -0.1) is 0 Å². The van der Waals surface area contributed by atoms with Gasteiger partial charge in [0.15, 0.2) is 0 Å². The highest BCUT2D eigenvalue weighted by molar-refractivity contribution is 5.40. The molecular weight excluding hydrogens is 234 g/mol. The molecule has 1 heterocycles. The summed E-state index contributed by atoms with van der Waals surface area (Å²) in [6.45, 7) is 5.90. The van der Waals surface area contributed by atoms with Gasteiger partial charge in [-0.25, -0.2) is 0 Å². The first-order chi connectivity index (χ1) is 9.17. The van der Waals surface area contributed by atoms with E-state index in [0.717, 1.165) is 19.3 Å². The fourth-order valence-electron chi connectivity index (χ4n) is 3.21. The number of ether oxygens (including phenoxy) is 1. The normalized spacial score (nSPS) is 24.1. The second-order valence-corrected chi connectivity index (χ2v) is 6.20. The Kier molecular flexibility index (Phi) is 2.91. The maximum atomic E-state index is 9.49. The van der Waals surface area contributed by atoms with E-state index >= 15 is 0 Å². The van der Waals surface area contributed by atoms with E-state index in [9.17, 15) is 5.26 Å². The SMILES string of the molecule is CCC(C)c1ccc(C2(C3(C#N)CC3)COC2)cc1. The van der Waals surface area contributed by atoms with E-state index < -0.39 is 0 Å². The zero-order valence-corrected chi connectivity index (χ0v) is 11.8. The van der Waals surface area contributed by atoms with Crippen LogP contribution in [0.2, 0.25) is 0 Å². The van der Waals surface area contributed by atoms with E-state index in [0.29, 0.717) is 19.1 Å². The number of nitriles is 1. The van der Waals surface area contributed by atoms with Gasteiger partial charge in [0.25, 0.3) is 0 Å². The molecule has 0 bridgehead atoms. The molecule has 0 aromatic heterocycles. The van der Waals surface area contributed by atoms with Crippen LogP contribution in [0.3, 0.4) is 0 Å². The Labute approximate surface area is 115 Å². The molecule has 0 spiro atoms. The molecule has 1 aromatic rings. The molecular formula is C17H21NO. The van der Waals surface area contributed by atoms with E-state index in [1.807, 2.05) is 0 Å². The van der Waals surface area contributed by atoms with Crippen molar-refractivity contribution in [2.24, 2.45) is 5.41 Å². The summed E-state index contributed by atoms with van der Waals surface area (Å²) in [6.07, 6.45) is 3.22. The van der Waals surface area contributed by atoms with Crippen LogP contribution in [0, 0.1) is 16.7 Å². The van der Waals surface area contributed by atoms with Gasteiger partial charge in [0.05, 0.1) is 30.1 Å². The van der Waals surface area contributed by atoms with E-state index in [2.05, 4.69) is 44.2 Å². The third-order valence-corrected chi connectivity index (χ3v) is 5.22. The lowest BCUT2D eigenvalue weighted by Crippen LogP contribution is -2.53. The van der Waals surface area contributed by atoms with Crippen molar-refractivity contribution in [2.45, 2.75) is 44.4 Å². The number of hydrogen-bond acceptors (Lipinski definition) is 2. The molecule has 0 radical (unpaired) electrons. The molecule has 1 aliphatic carbocycles. The highest BCUT2D eigenvalue weighted by atomic mass is 16.5. The van der Waals surface area contributed by atoms with E-state index in [1.54, 1.807) is 0 Å². The second-order valence-electron chi connectivity index (χ2n) is 6.20. The first-order valence-corrected chi connectivity index (χ1v) is 7.27. The fourth-order valence-corrected chi connectivity index (χ4v) is 3.21. The van der Waals surface area contributed by atoms with Crippen LogP contribution in [0.15, 0.2) is 24.3 Å². The molecule has 3 rings (SSSR count). The molecule has 1 aromatic carbocycles. The molecule has 2 aliphatic rings. The van der Waals surface area contributed by atoms with Crippen LogP contribution in [0.5, 0.6) is 0 Å². The van der Waals surface area contributed by atoms with Crippen molar-refractivity contribution in [1.29, 1.82) is 5.26 Å². The Bertz CT molecular complexity index is 503. The smallest absolute Gasteiger partial charge is 0.0716 e. The minimum Gasteiger partial charge on any atom is -0.379 e. The summed E-state index contributed by atoms with van der Waals surface area (Å²) in [6, 6.07) is 11.5. The standard InChI is InChI=1S/C17H21NO/c1-3-13(2)14-4-6-15(7-5-14)17(11-19-12-17)16(10-18)8-9-16/h4-7,13H,3,8-9,11-12H2,1-2H3. The van der Waals surface area contributed by atoms with Crippen molar-refractivity contribution in [3.8, 4) is 6.07 Å². The first-order valence-electron chi connectivity index (χ1n) is 7.27. The van der Waals surface area contributed by atoms with Crippen LogP contribution in [0.1, 0.15) is 50.2 Å². The molecule has 0 N–H and O–H groups in total. The van der Waals surface area contributed by atoms with Gasteiger partial charge in [-0.05, 0) is 36.3 Å². The molecule has 2 heteroatoms. The fraction of sp³-hybridized carbons (Fsp3) is 0.588. The van der Waals surface area contributed by atoms with Crippen LogP contribution < -0.4 is 0 Å². The molecule has 1 aliphatic heterocycles. The van der Waals surface area contributed by atoms with E-state index in [-0.39, 0.29) is 10.8 Å². The summed E-state index contributed by atoms with van der Waals surface area (Å²) < 4.78 is 5.47. The van der Waals surface area contributed by atoms with Crippen molar-refractivity contribution in [1.82, 2.24) is 0 Å². The predicted octanol–water partition coefficient (Wildman–Crippen LogP) is 3.77. The van der Waals surface area contributed by atoms with Crippen molar-refractivity contribution >= 4 is 0 Å². The van der Waals surface area contributed by atoms with E-state index in [1.165, 1.54) is 11.1 Å². The van der Waals surface area contributed by atoms with Crippen LogP contribution in [-0.4, -0.2) is 13.2 Å². The number of benzene rings is 1. The van der Waals surface area contributed by atoms with Gasteiger partial charge in [-0.2, -0.15) is 5.26 Å². The summed E-state index contributed by atoms with van der Waals surface area (Å²) in [5.41, 5.74) is 2.51. The van der Waals surface area contributed by atoms with Crippen LogP contribution in [-0.2, 0) is 10.2 Å². The number of rotatable bonds is 4. The van der Waals surface area contributed by atoms with Gasteiger partial charge in [0.1, 0.15) is 0 Å². The summed E-state index contributed by atoms with van der Waals surface area (Å²) in [7, 11) is 0. The highest BCUT2D eigenvalue weighted by Gasteiger charge is 2.64. The molecule has 1 saturated heterocycles. The van der Waals surface area contributed by atoms with Crippen molar-refractivity contribution in [3.63, 3.8) is 0 Å². The lowest BCUT2D eigenvalue weighted by atomic mass is 9.66. The Morgan fingerprint density at radius 3 is 2.26 bits per heavy atom. The predicted molar refractivity (Wildman–Crippen MR) is 74.9 cm³/mol. The quantitative estimate of drug-likeness (QED) is 0.820. The molecule has 1 atom stereocenters. The van der Waals surface area contributed by atoms with Crippen LogP contribution in [0.25, 0.3) is 0 Å². The van der Waals surface area contributed by atoms with Crippen molar-refractivity contribution < 1.29 is 4.74 Å². The summed E-state index contributed by atoms with van der Waals surface area (Å²) in [5.74, 6) is 0.605. The van der Waals surface area contributed by atoms with Crippen molar-refractivity contribution in [3.05, 3.63) is 35.4 Å². The maximum absolute atomic E-state index is 9.49. The molecule has 100 valence electrons. The maximum Gasteiger partial charge on any atom is 0.0716 e. The topological polar surface area (TPSA) is 33.0 Å². The van der Waals surface area contributed by atoms with Crippen LogP contribution in [0.4, 0.5) is 0 Å². The van der Waals surface area contributed by atoms with Crippen LogP contribution >= 0.6 is 0 Å². The number of nitrogens with zero attached hydrogens (tertiary/aromatic N) is 1. The van der Waals surface area contributed by atoms with Gasteiger partial charge < -0.3 is 4.74 Å². The van der Waals surface area contributed by atoms with E-state index in [4.69, 9.17) is 4.74 Å². The minimum atomic E-state index is -0.150. The molecule has 1 saturated carbocycles. The lowest BCUT2D eigenvalue weighted by Gasteiger charge is -2.45. The molecule has 0 amide bonds. The lowest BCUT2D eigenvalue weighted by molar-refractivity contribution is -0.0867. The summed E-state index contributed by atoms with van der Waals surface area (Å²) >= 11 is 0. The third kappa shape index (κ3) is 1.72. The average Bonchev–Trinajstić information content (AvgIpc) is 3.19. The minimum absolute atomic E-state index is 0.0320. The average molecular weight is 255 g/mol. The van der Waals surface area contributed by atoms with Gasteiger partial charge >= 0.3 is 0 Å². The largest absolute Gasteiger partial charge is 0.379 e. The monoisotopic (exact) mass is 255 g/mol.